The van der Waals surface area contributed by atoms with Crippen LogP contribution in [-0.2, 0) is 0 Å². The molecular formula is C21H18N4O3S2. The Kier molecular flexibility index (Phi) is 5.06. The van der Waals surface area contributed by atoms with Gasteiger partial charge in [-0.3, -0.25) is 14.9 Å². The number of amides is 2. The number of thiazole rings is 2. The maximum absolute atomic E-state index is 12.8. The Bertz CT molecular complexity index is 1160. The van der Waals surface area contributed by atoms with Crippen molar-refractivity contribution in [2.24, 2.45) is 0 Å². The zero-order valence-electron chi connectivity index (χ0n) is 15.9. The smallest absolute Gasteiger partial charge is 0.289 e. The largest absolute Gasteiger partial charge is 0.451 e. The molecule has 9 heteroatoms. The van der Waals surface area contributed by atoms with Crippen molar-refractivity contribution in [2.75, 3.05) is 18.4 Å². The van der Waals surface area contributed by atoms with Crippen molar-refractivity contribution in [3.8, 4) is 0 Å². The number of fused-ring (bicyclic) bond motifs is 1. The molecular weight excluding hydrogens is 420 g/mol. The van der Waals surface area contributed by atoms with Crippen LogP contribution in [0.3, 0.4) is 0 Å². The van der Waals surface area contributed by atoms with Crippen molar-refractivity contribution < 1.29 is 14.0 Å². The van der Waals surface area contributed by atoms with Crippen LogP contribution < -0.4 is 5.32 Å². The fourth-order valence-electron chi connectivity index (χ4n) is 3.60. The highest BCUT2D eigenvalue weighted by molar-refractivity contribution is 7.13. The van der Waals surface area contributed by atoms with E-state index in [9.17, 15) is 9.59 Å². The fraction of sp³-hybridized carbons (Fsp3) is 0.238. The standard InChI is InChI=1S/C21H18N4O3S2/c26-18(24-21-22-7-10-29-21)15-12-30-19(23-15)13-5-8-25(9-6-13)20(27)17-11-14-3-1-2-4-16(14)28-17/h1-4,7,10-13H,5-6,8-9H2,(H,22,24,26). The number of rotatable bonds is 4. The lowest BCUT2D eigenvalue weighted by Crippen LogP contribution is -2.37. The minimum atomic E-state index is -0.245. The van der Waals surface area contributed by atoms with E-state index < -0.39 is 0 Å². The van der Waals surface area contributed by atoms with Crippen molar-refractivity contribution in [3.05, 3.63) is 63.8 Å². The first-order valence-corrected chi connectivity index (χ1v) is 11.4. The number of hydrogen-bond acceptors (Lipinski definition) is 7. The number of carbonyl (C=O) groups is 2. The molecule has 1 aliphatic heterocycles. The van der Waals surface area contributed by atoms with Crippen LogP contribution in [0.2, 0.25) is 0 Å². The number of aromatic nitrogens is 2. The van der Waals surface area contributed by atoms with Crippen LogP contribution in [0.1, 0.15) is 44.8 Å². The van der Waals surface area contributed by atoms with Crippen molar-refractivity contribution in [2.45, 2.75) is 18.8 Å². The third-order valence-electron chi connectivity index (χ3n) is 5.18. The zero-order chi connectivity index (χ0) is 20.5. The zero-order valence-corrected chi connectivity index (χ0v) is 17.5. The lowest BCUT2D eigenvalue weighted by atomic mass is 9.97. The van der Waals surface area contributed by atoms with E-state index in [0.717, 1.165) is 28.8 Å². The Morgan fingerprint density at radius 1 is 1.17 bits per heavy atom. The monoisotopic (exact) mass is 438 g/mol. The molecule has 0 spiro atoms. The molecule has 4 heterocycles. The Morgan fingerprint density at radius 2 is 2.00 bits per heavy atom. The SMILES string of the molecule is O=C(Nc1nccs1)c1csc(C2CCN(C(=O)c3cc4ccccc4o3)CC2)n1. The topological polar surface area (TPSA) is 88.3 Å². The summed E-state index contributed by atoms with van der Waals surface area (Å²) in [5, 5.41) is 8.78. The molecule has 0 bridgehead atoms. The van der Waals surface area contributed by atoms with Gasteiger partial charge in [-0.05, 0) is 25.0 Å². The molecule has 1 N–H and O–H groups in total. The molecule has 1 fully saturated rings. The lowest BCUT2D eigenvalue weighted by molar-refractivity contribution is 0.0683. The third kappa shape index (κ3) is 3.73. The van der Waals surface area contributed by atoms with Gasteiger partial charge in [-0.25, -0.2) is 9.97 Å². The predicted molar refractivity (Wildman–Crippen MR) is 116 cm³/mol. The molecule has 30 heavy (non-hydrogen) atoms. The van der Waals surface area contributed by atoms with Gasteiger partial charge in [0.2, 0.25) is 0 Å². The van der Waals surface area contributed by atoms with E-state index in [1.54, 1.807) is 17.6 Å². The number of furan rings is 1. The van der Waals surface area contributed by atoms with Crippen molar-refractivity contribution >= 4 is 50.6 Å². The summed E-state index contributed by atoms with van der Waals surface area (Å²) in [4.78, 5) is 35.6. The summed E-state index contributed by atoms with van der Waals surface area (Å²) in [6.45, 7) is 1.28. The highest BCUT2D eigenvalue weighted by atomic mass is 32.1. The minimum Gasteiger partial charge on any atom is -0.451 e. The molecule has 0 aliphatic carbocycles. The summed E-state index contributed by atoms with van der Waals surface area (Å²) in [6.07, 6.45) is 3.27. The number of hydrogen-bond donors (Lipinski definition) is 1. The van der Waals surface area contributed by atoms with Crippen molar-refractivity contribution in [3.63, 3.8) is 0 Å². The van der Waals surface area contributed by atoms with Crippen LogP contribution in [0.4, 0.5) is 5.13 Å². The molecule has 0 atom stereocenters. The molecule has 3 aromatic heterocycles. The van der Waals surface area contributed by atoms with Crippen molar-refractivity contribution in [1.29, 1.82) is 0 Å². The van der Waals surface area contributed by atoms with Gasteiger partial charge in [-0.1, -0.05) is 18.2 Å². The number of piperidine rings is 1. The lowest BCUT2D eigenvalue weighted by Gasteiger charge is -2.30. The van der Waals surface area contributed by atoms with Crippen LogP contribution in [0.5, 0.6) is 0 Å². The molecule has 1 aliphatic rings. The van der Waals surface area contributed by atoms with Gasteiger partial charge in [0.05, 0.1) is 5.01 Å². The fourth-order valence-corrected chi connectivity index (χ4v) is 5.09. The highest BCUT2D eigenvalue weighted by Crippen LogP contribution is 2.31. The van der Waals surface area contributed by atoms with E-state index in [-0.39, 0.29) is 17.7 Å². The van der Waals surface area contributed by atoms with Crippen molar-refractivity contribution in [1.82, 2.24) is 14.9 Å². The summed E-state index contributed by atoms with van der Waals surface area (Å²) in [6, 6.07) is 9.43. The summed E-state index contributed by atoms with van der Waals surface area (Å²) >= 11 is 2.87. The number of nitrogens with one attached hydrogen (secondary N) is 1. The van der Waals surface area contributed by atoms with Gasteiger partial charge in [0, 0.05) is 41.4 Å². The number of anilines is 1. The van der Waals surface area contributed by atoms with Gasteiger partial charge in [0.25, 0.3) is 11.8 Å². The molecule has 7 nitrogen and oxygen atoms in total. The molecule has 152 valence electrons. The second-order valence-electron chi connectivity index (χ2n) is 7.08. The van der Waals surface area contributed by atoms with E-state index in [2.05, 4.69) is 15.3 Å². The number of nitrogens with zero attached hydrogens (tertiary/aromatic N) is 3. The predicted octanol–water partition coefficient (Wildman–Crippen LogP) is 4.62. The molecule has 2 amide bonds. The van der Waals surface area contributed by atoms with Gasteiger partial charge >= 0.3 is 0 Å². The first-order valence-electron chi connectivity index (χ1n) is 9.61. The number of benzene rings is 1. The van der Waals surface area contributed by atoms with E-state index in [0.29, 0.717) is 29.7 Å². The summed E-state index contributed by atoms with van der Waals surface area (Å²) in [5.74, 6) is 0.304. The number of carbonyl (C=O) groups excluding carboxylic acids is 2. The molecule has 5 rings (SSSR count). The second-order valence-corrected chi connectivity index (χ2v) is 8.86. The van der Waals surface area contributed by atoms with E-state index in [4.69, 9.17) is 4.42 Å². The minimum absolute atomic E-state index is 0.0766. The van der Waals surface area contributed by atoms with E-state index in [1.165, 1.54) is 22.7 Å². The molecule has 0 saturated carbocycles. The summed E-state index contributed by atoms with van der Waals surface area (Å²) < 4.78 is 5.72. The molecule has 1 saturated heterocycles. The molecule has 4 aromatic rings. The van der Waals surface area contributed by atoms with Gasteiger partial charge in [-0.2, -0.15) is 0 Å². The van der Waals surface area contributed by atoms with Crippen LogP contribution in [0.25, 0.3) is 11.0 Å². The molecule has 0 unspecified atom stereocenters. The number of likely N-dealkylation sites (tertiary alicyclic amines) is 1. The number of para-hydroxylation sites is 1. The first-order chi connectivity index (χ1) is 14.7. The van der Waals surface area contributed by atoms with Gasteiger partial charge < -0.3 is 9.32 Å². The van der Waals surface area contributed by atoms with Gasteiger partial charge in [0.1, 0.15) is 11.3 Å². The second kappa shape index (κ2) is 8.00. The maximum atomic E-state index is 12.8. The summed E-state index contributed by atoms with van der Waals surface area (Å²) in [7, 11) is 0. The Morgan fingerprint density at radius 3 is 2.77 bits per heavy atom. The average Bonchev–Trinajstić information content (AvgIpc) is 3.53. The van der Waals surface area contributed by atoms with E-state index in [1.807, 2.05) is 34.5 Å². The molecule has 1 aromatic carbocycles. The average molecular weight is 439 g/mol. The van der Waals surface area contributed by atoms with Crippen LogP contribution in [-0.4, -0.2) is 39.8 Å². The Labute approximate surface area is 180 Å². The highest BCUT2D eigenvalue weighted by Gasteiger charge is 2.28. The summed E-state index contributed by atoms with van der Waals surface area (Å²) in [5.41, 5.74) is 1.13. The Hall–Kier alpha value is -3.04. The maximum Gasteiger partial charge on any atom is 0.289 e. The Balaban J connectivity index is 1.21. The van der Waals surface area contributed by atoms with E-state index >= 15 is 0 Å². The van der Waals surface area contributed by atoms with Gasteiger partial charge in [0.15, 0.2) is 10.9 Å². The molecule has 0 radical (unpaired) electrons. The van der Waals surface area contributed by atoms with Crippen LogP contribution >= 0.6 is 22.7 Å². The van der Waals surface area contributed by atoms with Crippen LogP contribution in [0, 0.1) is 0 Å². The first kappa shape index (κ1) is 19.0. The quantitative estimate of drug-likeness (QED) is 0.502. The van der Waals surface area contributed by atoms with Gasteiger partial charge in [-0.15, -0.1) is 22.7 Å². The third-order valence-corrected chi connectivity index (χ3v) is 6.87. The normalized spacial score (nSPS) is 14.9. The van der Waals surface area contributed by atoms with Crippen LogP contribution in [0.15, 0.2) is 51.7 Å².